The highest BCUT2D eigenvalue weighted by Crippen LogP contribution is 2.09. The molecule has 7 heteroatoms. The minimum absolute atomic E-state index is 0. The first-order chi connectivity index (χ1) is 12.3. The normalized spacial score (nSPS) is 10.9. The highest BCUT2D eigenvalue weighted by Gasteiger charge is 2.05. The van der Waals surface area contributed by atoms with Gasteiger partial charge in [-0.15, -0.1) is 35.3 Å². The number of nitrogens with zero attached hydrogens (tertiary/aromatic N) is 3. The molecule has 0 aliphatic heterocycles. The second-order valence-corrected chi connectivity index (χ2v) is 6.87. The molecule has 0 aliphatic carbocycles. The number of thiophene rings is 1. The van der Waals surface area contributed by atoms with Gasteiger partial charge >= 0.3 is 0 Å². The zero-order chi connectivity index (χ0) is 17.7. The van der Waals surface area contributed by atoms with Crippen LogP contribution in [0.25, 0.3) is 0 Å². The fourth-order valence-corrected chi connectivity index (χ4v) is 3.11. The van der Waals surface area contributed by atoms with Crippen LogP contribution in [0.5, 0.6) is 0 Å². The molecule has 2 N–H and O–H groups in total. The predicted molar refractivity (Wildman–Crippen MR) is 124 cm³/mol. The highest BCUT2D eigenvalue weighted by atomic mass is 127. The van der Waals surface area contributed by atoms with Crippen LogP contribution in [0.3, 0.4) is 0 Å². The molecule has 0 saturated heterocycles. The second kappa shape index (κ2) is 13.8. The Bertz CT molecular complexity index is 604. The minimum atomic E-state index is 0. The predicted octanol–water partition coefficient (Wildman–Crippen LogP) is 4.09. The summed E-state index contributed by atoms with van der Waals surface area (Å²) in [5.41, 5.74) is 0. The van der Waals surface area contributed by atoms with Gasteiger partial charge in [0, 0.05) is 44.3 Å². The van der Waals surface area contributed by atoms with Gasteiger partial charge < -0.3 is 15.5 Å². The van der Waals surface area contributed by atoms with Crippen molar-refractivity contribution in [1.82, 2.24) is 15.2 Å². The molecule has 26 heavy (non-hydrogen) atoms. The lowest BCUT2D eigenvalue weighted by Crippen LogP contribution is -2.40. The number of hydrogen-bond donors (Lipinski definition) is 2. The quantitative estimate of drug-likeness (QED) is 0.230. The van der Waals surface area contributed by atoms with Crippen molar-refractivity contribution < 1.29 is 0 Å². The summed E-state index contributed by atoms with van der Waals surface area (Å²) in [5, 5.41) is 8.85. The van der Waals surface area contributed by atoms with E-state index in [1.165, 1.54) is 4.88 Å². The zero-order valence-electron chi connectivity index (χ0n) is 15.6. The number of unbranched alkanes of at least 4 members (excludes halogenated alkanes) is 1. The van der Waals surface area contributed by atoms with Gasteiger partial charge in [0.1, 0.15) is 5.82 Å². The molecule has 0 atom stereocenters. The third-order valence-electron chi connectivity index (χ3n) is 3.79. The molecule has 0 bridgehead atoms. The van der Waals surface area contributed by atoms with Gasteiger partial charge in [0.2, 0.25) is 0 Å². The molecule has 0 unspecified atom stereocenters. The van der Waals surface area contributed by atoms with Gasteiger partial charge in [0.15, 0.2) is 5.96 Å². The lowest BCUT2D eigenvalue weighted by Gasteiger charge is -2.21. The Hall–Kier alpha value is -1.35. The maximum Gasteiger partial charge on any atom is 0.193 e. The third kappa shape index (κ3) is 8.84. The summed E-state index contributed by atoms with van der Waals surface area (Å²) >= 11 is 1.82. The number of guanidine groups is 1. The number of nitrogens with one attached hydrogen (secondary N) is 2. The van der Waals surface area contributed by atoms with Crippen LogP contribution in [0.1, 0.15) is 24.6 Å². The molecule has 2 rings (SSSR count). The van der Waals surface area contributed by atoms with Crippen molar-refractivity contribution in [1.29, 1.82) is 0 Å². The summed E-state index contributed by atoms with van der Waals surface area (Å²) in [6.07, 6.45) is 5.01. The van der Waals surface area contributed by atoms with Crippen molar-refractivity contribution in [2.75, 3.05) is 38.5 Å². The minimum Gasteiger partial charge on any atom is -0.370 e. The molecule has 0 aromatic carbocycles. The molecule has 2 aromatic heterocycles. The van der Waals surface area contributed by atoms with Crippen LogP contribution in [-0.2, 0) is 6.42 Å². The Morgan fingerprint density at radius 3 is 2.81 bits per heavy atom. The van der Waals surface area contributed by atoms with Crippen molar-refractivity contribution >= 4 is 47.1 Å². The smallest absolute Gasteiger partial charge is 0.193 e. The van der Waals surface area contributed by atoms with E-state index in [2.05, 4.69) is 52.0 Å². The van der Waals surface area contributed by atoms with Crippen molar-refractivity contribution in [2.24, 2.45) is 4.99 Å². The van der Waals surface area contributed by atoms with E-state index in [-0.39, 0.29) is 24.0 Å². The second-order valence-electron chi connectivity index (χ2n) is 5.84. The Morgan fingerprint density at radius 2 is 2.12 bits per heavy atom. The molecule has 2 heterocycles. The average Bonchev–Trinajstić information content (AvgIpc) is 3.16. The van der Waals surface area contributed by atoms with Crippen LogP contribution in [0, 0.1) is 0 Å². The molecule has 144 valence electrons. The van der Waals surface area contributed by atoms with E-state index in [9.17, 15) is 0 Å². The zero-order valence-corrected chi connectivity index (χ0v) is 18.8. The standard InChI is InChI=1S/C19H29N5S.HI/c1-3-20-19(24(2)15-11-17-9-8-16-25-17)23-14-7-6-13-22-18-10-4-5-12-21-18;/h4-5,8-10,12,16H,3,6-7,11,13-15H2,1-2H3,(H,20,23)(H,21,22);1H. The number of aromatic nitrogens is 1. The Morgan fingerprint density at radius 1 is 1.23 bits per heavy atom. The van der Waals surface area contributed by atoms with E-state index in [0.717, 1.165) is 57.2 Å². The SMILES string of the molecule is CCNC(=NCCCCNc1ccccn1)N(C)CCc1cccs1.I. The Kier molecular flexibility index (Phi) is 12.0. The van der Waals surface area contributed by atoms with E-state index in [0.29, 0.717) is 0 Å². The van der Waals surface area contributed by atoms with Gasteiger partial charge in [-0.25, -0.2) is 4.98 Å². The average molecular weight is 487 g/mol. The maximum absolute atomic E-state index is 4.75. The molecule has 5 nitrogen and oxygen atoms in total. The first kappa shape index (κ1) is 22.7. The van der Waals surface area contributed by atoms with Crippen LogP contribution in [0.4, 0.5) is 5.82 Å². The van der Waals surface area contributed by atoms with Gasteiger partial charge in [0.05, 0.1) is 0 Å². The largest absolute Gasteiger partial charge is 0.370 e. The topological polar surface area (TPSA) is 52.6 Å². The van der Waals surface area contributed by atoms with E-state index in [4.69, 9.17) is 4.99 Å². The fraction of sp³-hybridized carbons (Fsp3) is 0.474. The van der Waals surface area contributed by atoms with Gasteiger partial charge in [-0.1, -0.05) is 12.1 Å². The molecule has 0 aliphatic rings. The summed E-state index contributed by atoms with van der Waals surface area (Å²) in [6.45, 7) is 5.75. The monoisotopic (exact) mass is 487 g/mol. The van der Waals surface area contributed by atoms with Crippen molar-refractivity contribution in [3.63, 3.8) is 0 Å². The van der Waals surface area contributed by atoms with Crippen LogP contribution >= 0.6 is 35.3 Å². The number of likely N-dealkylation sites (N-methyl/N-ethyl adjacent to an activating group) is 1. The van der Waals surface area contributed by atoms with Crippen molar-refractivity contribution in [3.8, 4) is 0 Å². The number of pyridine rings is 1. The molecule has 0 fully saturated rings. The number of halogens is 1. The van der Waals surface area contributed by atoms with E-state index >= 15 is 0 Å². The first-order valence-electron chi connectivity index (χ1n) is 8.96. The number of hydrogen-bond acceptors (Lipinski definition) is 4. The Labute approximate surface area is 178 Å². The third-order valence-corrected chi connectivity index (χ3v) is 4.72. The summed E-state index contributed by atoms with van der Waals surface area (Å²) < 4.78 is 0. The first-order valence-corrected chi connectivity index (χ1v) is 9.84. The van der Waals surface area contributed by atoms with Gasteiger partial charge in [0.25, 0.3) is 0 Å². The summed E-state index contributed by atoms with van der Waals surface area (Å²) in [7, 11) is 2.11. The number of anilines is 1. The lowest BCUT2D eigenvalue weighted by molar-refractivity contribution is 0.486. The molecule has 0 saturated carbocycles. The summed E-state index contributed by atoms with van der Waals surface area (Å²) in [5.74, 6) is 1.93. The van der Waals surface area contributed by atoms with Gasteiger partial charge in [-0.05, 0) is 49.8 Å². The molecule has 0 radical (unpaired) electrons. The van der Waals surface area contributed by atoms with Gasteiger partial charge in [-0.2, -0.15) is 0 Å². The fourth-order valence-electron chi connectivity index (χ4n) is 2.41. The Balaban J connectivity index is 0.00000338. The highest BCUT2D eigenvalue weighted by molar-refractivity contribution is 14.0. The van der Waals surface area contributed by atoms with Crippen LogP contribution in [0.15, 0.2) is 46.9 Å². The van der Waals surface area contributed by atoms with E-state index in [1.807, 2.05) is 29.5 Å². The van der Waals surface area contributed by atoms with Crippen LogP contribution < -0.4 is 10.6 Å². The molecule has 2 aromatic rings. The molecule has 0 amide bonds. The maximum atomic E-state index is 4.75. The van der Waals surface area contributed by atoms with Crippen molar-refractivity contribution in [2.45, 2.75) is 26.2 Å². The van der Waals surface area contributed by atoms with Crippen molar-refractivity contribution in [3.05, 3.63) is 46.8 Å². The van der Waals surface area contributed by atoms with E-state index in [1.54, 1.807) is 6.20 Å². The number of rotatable bonds is 10. The van der Waals surface area contributed by atoms with E-state index < -0.39 is 0 Å². The molecule has 0 spiro atoms. The lowest BCUT2D eigenvalue weighted by atomic mass is 10.3. The molecular weight excluding hydrogens is 457 g/mol. The van der Waals surface area contributed by atoms with Gasteiger partial charge in [-0.3, -0.25) is 4.99 Å². The van der Waals surface area contributed by atoms with Crippen LogP contribution in [-0.4, -0.2) is 49.1 Å². The van der Waals surface area contributed by atoms with Crippen LogP contribution in [0.2, 0.25) is 0 Å². The number of aliphatic imine (C=N–C) groups is 1. The molecular formula is C19H30IN5S. The summed E-state index contributed by atoms with van der Waals surface area (Å²) in [6, 6.07) is 10.2. The summed E-state index contributed by atoms with van der Waals surface area (Å²) in [4.78, 5) is 12.6.